The summed E-state index contributed by atoms with van der Waals surface area (Å²) in [6.45, 7) is 9.25. The molecular weight excluding hydrogens is 244 g/mol. The minimum absolute atomic E-state index is 0.684. The van der Waals surface area contributed by atoms with Gasteiger partial charge >= 0.3 is 0 Å². The second kappa shape index (κ2) is 13.9. The maximum absolute atomic E-state index is 3.64. The summed E-state index contributed by atoms with van der Waals surface area (Å²) in [5.74, 6) is 0.785. The van der Waals surface area contributed by atoms with E-state index < -0.39 is 0 Å². The highest BCUT2D eigenvalue weighted by Gasteiger charge is 2.12. The van der Waals surface area contributed by atoms with E-state index in [1.807, 2.05) is 0 Å². The van der Waals surface area contributed by atoms with Crippen molar-refractivity contribution in [2.24, 2.45) is 5.92 Å². The Hall–Kier alpha value is -0.0800. The summed E-state index contributed by atoms with van der Waals surface area (Å²) in [6.07, 6.45) is 12.6. The minimum atomic E-state index is 0.684. The third-order valence-corrected chi connectivity index (χ3v) is 4.06. The zero-order valence-electron chi connectivity index (χ0n) is 14.9. The molecule has 0 radical (unpaired) electrons. The van der Waals surface area contributed by atoms with Gasteiger partial charge in [0, 0.05) is 12.6 Å². The Bertz CT molecular complexity index is 190. The van der Waals surface area contributed by atoms with Gasteiger partial charge in [-0.3, -0.25) is 0 Å². The molecule has 0 aromatic carbocycles. The van der Waals surface area contributed by atoms with Crippen molar-refractivity contribution >= 4 is 0 Å². The Labute approximate surface area is 128 Å². The van der Waals surface area contributed by atoms with Crippen molar-refractivity contribution in [1.82, 2.24) is 10.2 Å². The molecule has 0 aliphatic carbocycles. The molecule has 20 heavy (non-hydrogen) atoms. The van der Waals surface area contributed by atoms with E-state index in [0.29, 0.717) is 6.04 Å². The first-order valence-electron chi connectivity index (χ1n) is 8.95. The highest BCUT2D eigenvalue weighted by Crippen LogP contribution is 2.09. The van der Waals surface area contributed by atoms with Gasteiger partial charge in [-0.15, -0.1) is 0 Å². The summed E-state index contributed by atoms with van der Waals surface area (Å²) in [4.78, 5) is 2.36. The van der Waals surface area contributed by atoms with Gasteiger partial charge in [0.1, 0.15) is 0 Å². The van der Waals surface area contributed by atoms with Crippen LogP contribution in [0.15, 0.2) is 0 Å². The van der Waals surface area contributed by atoms with E-state index in [0.717, 1.165) is 12.5 Å². The van der Waals surface area contributed by atoms with Crippen LogP contribution >= 0.6 is 0 Å². The highest BCUT2D eigenvalue weighted by molar-refractivity contribution is 4.70. The molecule has 0 aliphatic heterocycles. The number of nitrogens with one attached hydrogen (secondary N) is 1. The number of hydrogen-bond donors (Lipinski definition) is 1. The second-order valence-corrected chi connectivity index (χ2v) is 6.93. The summed E-state index contributed by atoms with van der Waals surface area (Å²) in [5.41, 5.74) is 0. The van der Waals surface area contributed by atoms with Gasteiger partial charge in [-0.05, 0) is 39.4 Å². The molecule has 1 atom stereocenters. The van der Waals surface area contributed by atoms with Gasteiger partial charge in [0.25, 0.3) is 0 Å². The van der Waals surface area contributed by atoms with Gasteiger partial charge in [0.2, 0.25) is 0 Å². The molecule has 2 nitrogen and oxygen atoms in total. The maximum Gasteiger partial charge on any atom is 0.0216 e. The quantitative estimate of drug-likeness (QED) is 0.465. The maximum atomic E-state index is 3.64. The van der Waals surface area contributed by atoms with E-state index in [1.54, 1.807) is 0 Å². The van der Waals surface area contributed by atoms with E-state index in [4.69, 9.17) is 0 Å². The van der Waals surface area contributed by atoms with Crippen LogP contribution in [-0.4, -0.2) is 38.1 Å². The lowest BCUT2D eigenvalue weighted by Gasteiger charge is -2.26. The van der Waals surface area contributed by atoms with Crippen molar-refractivity contribution in [2.45, 2.75) is 84.6 Å². The van der Waals surface area contributed by atoms with Crippen LogP contribution in [-0.2, 0) is 0 Å². The topological polar surface area (TPSA) is 15.3 Å². The van der Waals surface area contributed by atoms with Gasteiger partial charge in [-0.2, -0.15) is 0 Å². The molecule has 0 aliphatic rings. The first kappa shape index (κ1) is 19.9. The fraction of sp³-hybridized carbons (Fsp3) is 1.00. The average molecular weight is 285 g/mol. The third-order valence-electron chi connectivity index (χ3n) is 4.06. The molecule has 1 N–H and O–H groups in total. The van der Waals surface area contributed by atoms with Crippen LogP contribution in [0.4, 0.5) is 0 Å². The lowest BCUT2D eigenvalue weighted by Crippen LogP contribution is -2.39. The van der Waals surface area contributed by atoms with E-state index in [1.165, 1.54) is 64.3 Å². The zero-order valence-corrected chi connectivity index (χ0v) is 14.9. The van der Waals surface area contributed by atoms with Crippen molar-refractivity contribution in [2.75, 3.05) is 27.2 Å². The van der Waals surface area contributed by atoms with Crippen LogP contribution in [0.1, 0.15) is 78.6 Å². The number of unbranched alkanes of at least 4 members (excludes halogenated alkanes) is 7. The largest absolute Gasteiger partial charge is 0.315 e. The first-order valence-corrected chi connectivity index (χ1v) is 8.95. The minimum Gasteiger partial charge on any atom is -0.315 e. The van der Waals surface area contributed by atoms with Crippen LogP contribution in [0.25, 0.3) is 0 Å². The molecule has 0 rings (SSSR count). The Morgan fingerprint density at radius 2 is 1.40 bits per heavy atom. The van der Waals surface area contributed by atoms with Crippen LogP contribution < -0.4 is 5.32 Å². The summed E-state index contributed by atoms with van der Waals surface area (Å²) in [6, 6.07) is 0.684. The summed E-state index contributed by atoms with van der Waals surface area (Å²) < 4.78 is 0. The van der Waals surface area contributed by atoms with E-state index in [2.05, 4.69) is 45.1 Å². The molecule has 0 saturated carbocycles. The van der Waals surface area contributed by atoms with Crippen molar-refractivity contribution in [1.29, 1.82) is 0 Å². The Balaban J connectivity index is 3.37. The van der Waals surface area contributed by atoms with Crippen molar-refractivity contribution in [3.8, 4) is 0 Å². The molecule has 122 valence electrons. The lowest BCUT2D eigenvalue weighted by molar-refractivity contribution is 0.247. The zero-order chi connectivity index (χ0) is 15.2. The highest BCUT2D eigenvalue weighted by atomic mass is 15.1. The standard InChI is InChI=1S/C18H40N2/c1-6-7-8-9-10-11-12-13-14-19-16-18(20(4)5)15-17(2)3/h17-19H,6-16H2,1-5H3. The predicted octanol–water partition coefficient (Wildman–Crippen LogP) is 4.69. The molecule has 0 bridgehead atoms. The van der Waals surface area contributed by atoms with Crippen LogP contribution in [0.5, 0.6) is 0 Å². The number of hydrogen-bond acceptors (Lipinski definition) is 2. The van der Waals surface area contributed by atoms with Crippen molar-refractivity contribution < 1.29 is 0 Å². The number of rotatable bonds is 14. The fourth-order valence-corrected chi connectivity index (χ4v) is 2.67. The molecule has 2 heteroatoms. The van der Waals surface area contributed by atoms with Crippen LogP contribution in [0.3, 0.4) is 0 Å². The van der Waals surface area contributed by atoms with E-state index in [-0.39, 0.29) is 0 Å². The summed E-state index contributed by atoms with van der Waals surface area (Å²) in [7, 11) is 4.40. The molecule has 0 heterocycles. The normalized spacial score (nSPS) is 13.3. The average Bonchev–Trinajstić information content (AvgIpc) is 2.39. The third kappa shape index (κ3) is 12.9. The molecule has 0 aromatic rings. The van der Waals surface area contributed by atoms with Crippen LogP contribution in [0.2, 0.25) is 0 Å². The molecule has 1 unspecified atom stereocenters. The van der Waals surface area contributed by atoms with Crippen molar-refractivity contribution in [3.63, 3.8) is 0 Å². The number of likely N-dealkylation sites (N-methyl/N-ethyl adjacent to an activating group) is 1. The van der Waals surface area contributed by atoms with Gasteiger partial charge in [-0.1, -0.05) is 65.7 Å². The van der Waals surface area contributed by atoms with Gasteiger partial charge in [0.15, 0.2) is 0 Å². The van der Waals surface area contributed by atoms with E-state index >= 15 is 0 Å². The van der Waals surface area contributed by atoms with Gasteiger partial charge in [-0.25, -0.2) is 0 Å². The lowest BCUT2D eigenvalue weighted by atomic mass is 10.0. The summed E-state index contributed by atoms with van der Waals surface area (Å²) >= 11 is 0. The van der Waals surface area contributed by atoms with Crippen molar-refractivity contribution in [3.05, 3.63) is 0 Å². The Morgan fingerprint density at radius 3 is 1.90 bits per heavy atom. The molecular formula is C18H40N2. The molecule has 0 fully saturated rings. The van der Waals surface area contributed by atoms with E-state index in [9.17, 15) is 0 Å². The monoisotopic (exact) mass is 284 g/mol. The Morgan fingerprint density at radius 1 is 0.850 bits per heavy atom. The number of nitrogens with zero attached hydrogens (tertiary/aromatic N) is 1. The second-order valence-electron chi connectivity index (χ2n) is 6.93. The van der Waals surface area contributed by atoms with Gasteiger partial charge in [0.05, 0.1) is 0 Å². The van der Waals surface area contributed by atoms with Gasteiger partial charge < -0.3 is 10.2 Å². The summed E-state index contributed by atoms with van der Waals surface area (Å²) in [5, 5.41) is 3.64. The smallest absolute Gasteiger partial charge is 0.0216 e. The fourth-order valence-electron chi connectivity index (χ4n) is 2.67. The Kier molecular flexibility index (Phi) is 13.8. The predicted molar refractivity (Wildman–Crippen MR) is 92.4 cm³/mol. The molecule has 0 saturated heterocycles. The van der Waals surface area contributed by atoms with Crippen LogP contribution in [0, 0.1) is 5.92 Å². The first-order chi connectivity index (χ1) is 9.57. The SMILES string of the molecule is CCCCCCCCCCNCC(CC(C)C)N(C)C. The molecule has 0 amide bonds. The molecule has 0 aromatic heterocycles. The molecule has 0 spiro atoms.